The van der Waals surface area contributed by atoms with Crippen LogP contribution in [-0.2, 0) is 4.74 Å². The van der Waals surface area contributed by atoms with Crippen molar-refractivity contribution in [3.8, 4) is 5.75 Å². The molecule has 0 fully saturated rings. The predicted molar refractivity (Wildman–Crippen MR) is 110 cm³/mol. The summed E-state index contributed by atoms with van der Waals surface area (Å²) in [4.78, 5) is 11.7. The molecule has 1 heterocycles. The second-order valence-corrected chi connectivity index (χ2v) is 7.74. The molecule has 0 spiro atoms. The van der Waals surface area contributed by atoms with Crippen LogP contribution in [0.15, 0.2) is 42.5 Å². The quantitative estimate of drug-likeness (QED) is 0.605. The van der Waals surface area contributed by atoms with Crippen LogP contribution in [0.2, 0.25) is 0 Å². The van der Waals surface area contributed by atoms with Crippen LogP contribution in [0.25, 0.3) is 0 Å². The lowest BCUT2D eigenvalue weighted by molar-refractivity contribution is 0.0600. The Labute approximate surface area is 165 Å². The summed E-state index contributed by atoms with van der Waals surface area (Å²) in [5, 5.41) is 7.03. The van der Waals surface area contributed by atoms with Crippen LogP contribution in [0, 0.1) is 6.92 Å². The summed E-state index contributed by atoms with van der Waals surface area (Å²) in [6.45, 7) is 6.20. The average molecular weight is 385 g/mol. The SMILES string of the molecule is COC(=O)c1cccc(NC(=S)N[C@@H]2CC(C)(C)Oc3cc(C)ccc32)c1. The Morgan fingerprint density at radius 2 is 2.04 bits per heavy atom. The van der Waals surface area contributed by atoms with Crippen LogP contribution in [0.5, 0.6) is 5.75 Å². The van der Waals surface area contributed by atoms with E-state index < -0.39 is 0 Å². The van der Waals surface area contributed by atoms with Crippen molar-refractivity contribution >= 4 is 29.0 Å². The Morgan fingerprint density at radius 3 is 2.78 bits per heavy atom. The fraction of sp³-hybridized carbons (Fsp3) is 0.333. The number of benzene rings is 2. The molecule has 0 radical (unpaired) electrons. The van der Waals surface area contributed by atoms with E-state index >= 15 is 0 Å². The van der Waals surface area contributed by atoms with Gasteiger partial charge in [-0.05, 0) is 62.8 Å². The van der Waals surface area contributed by atoms with Gasteiger partial charge in [-0.1, -0.05) is 18.2 Å². The van der Waals surface area contributed by atoms with Gasteiger partial charge in [0, 0.05) is 17.7 Å². The molecule has 0 aliphatic carbocycles. The van der Waals surface area contributed by atoms with Gasteiger partial charge in [-0.15, -0.1) is 0 Å². The molecule has 3 rings (SSSR count). The fourth-order valence-electron chi connectivity index (χ4n) is 3.25. The van der Waals surface area contributed by atoms with E-state index in [1.165, 1.54) is 7.11 Å². The lowest BCUT2D eigenvalue weighted by Crippen LogP contribution is -2.42. The van der Waals surface area contributed by atoms with E-state index in [0.29, 0.717) is 10.7 Å². The van der Waals surface area contributed by atoms with E-state index in [1.807, 2.05) is 13.0 Å². The third kappa shape index (κ3) is 4.57. The normalized spacial score (nSPS) is 17.3. The maximum absolute atomic E-state index is 11.7. The summed E-state index contributed by atoms with van der Waals surface area (Å²) >= 11 is 5.50. The van der Waals surface area contributed by atoms with Gasteiger partial charge in [-0.25, -0.2) is 4.79 Å². The first-order chi connectivity index (χ1) is 12.8. The molecule has 1 atom stereocenters. The first-order valence-electron chi connectivity index (χ1n) is 8.83. The first-order valence-corrected chi connectivity index (χ1v) is 9.24. The van der Waals surface area contributed by atoms with Gasteiger partial charge >= 0.3 is 5.97 Å². The van der Waals surface area contributed by atoms with Crippen molar-refractivity contribution in [2.75, 3.05) is 12.4 Å². The molecule has 2 aromatic rings. The van der Waals surface area contributed by atoms with Crippen molar-refractivity contribution in [2.24, 2.45) is 0 Å². The molecule has 6 heteroatoms. The van der Waals surface area contributed by atoms with Crippen LogP contribution in [-0.4, -0.2) is 23.8 Å². The fourth-order valence-corrected chi connectivity index (χ4v) is 3.51. The molecule has 1 aliphatic heterocycles. The van der Waals surface area contributed by atoms with Crippen molar-refractivity contribution in [2.45, 2.75) is 38.8 Å². The number of methoxy groups -OCH3 is 1. The van der Waals surface area contributed by atoms with Gasteiger partial charge in [0.1, 0.15) is 11.4 Å². The Balaban J connectivity index is 1.75. The van der Waals surface area contributed by atoms with Crippen molar-refractivity contribution in [3.05, 3.63) is 59.2 Å². The minimum absolute atomic E-state index is 0.0353. The number of rotatable bonds is 3. The number of ether oxygens (including phenoxy) is 2. The van der Waals surface area contributed by atoms with E-state index in [-0.39, 0.29) is 17.6 Å². The maximum atomic E-state index is 11.7. The van der Waals surface area contributed by atoms with Crippen molar-refractivity contribution < 1.29 is 14.3 Å². The van der Waals surface area contributed by atoms with Gasteiger partial charge in [-0.3, -0.25) is 0 Å². The number of hydrogen-bond acceptors (Lipinski definition) is 4. The van der Waals surface area contributed by atoms with E-state index in [1.54, 1.807) is 18.2 Å². The molecule has 1 aliphatic rings. The molecule has 142 valence electrons. The highest BCUT2D eigenvalue weighted by Gasteiger charge is 2.34. The van der Waals surface area contributed by atoms with E-state index in [2.05, 4.69) is 42.7 Å². The molecular formula is C21H24N2O3S. The molecule has 0 bridgehead atoms. The molecule has 0 amide bonds. The molecule has 0 saturated carbocycles. The Hall–Kier alpha value is -2.60. The average Bonchev–Trinajstić information content (AvgIpc) is 2.59. The number of carbonyl (C=O) groups is 1. The second kappa shape index (κ2) is 7.56. The lowest BCUT2D eigenvalue weighted by Gasteiger charge is -2.38. The summed E-state index contributed by atoms with van der Waals surface area (Å²) in [7, 11) is 1.36. The maximum Gasteiger partial charge on any atom is 0.337 e. The minimum atomic E-state index is -0.381. The van der Waals surface area contributed by atoms with Gasteiger partial charge < -0.3 is 20.1 Å². The number of esters is 1. The molecule has 0 aromatic heterocycles. The predicted octanol–water partition coefficient (Wildman–Crippen LogP) is 4.37. The number of hydrogen-bond donors (Lipinski definition) is 2. The zero-order valence-electron chi connectivity index (χ0n) is 16.0. The number of fused-ring (bicyclic) bond motifs is 1. The monoisotopic (exact) mass is 384 g/mol. The van der Waals surface area contributed by atoms with Gasteiger partial charge in [-0.2, -0.15) is 0 Å². The third-order valence-corrected chi connectivity index (χ3v) is 4.69. The zero-order chi connectivity index (χ0) is 19.6. The van der Waals surface area contributed by atoms with Crippen LogP contribution < -0.4 is 15.4 Å². The number of thiocarbonyl (C=S) groups is 1. The largest absolute Gasteiger partial charge is 0.487 e. The van der Waals surface area contributed by atoms with Crippen molar-refractivity contribution in [1.82, 2.24) is 5.32 Å². The second-order valence-electron chi connectivity index (χ2n) is 7.33. The molecular weight excluding hydrogens is 360 g/mol. The summed E-state index contributed by atoms with van der Waals surface area (Å²) < 4.78 is 10.9. The Morgan fingerprint density at radius 1 is 1.26 bits per heavy atom. The summed E-state index contributed by atoms with van der Waals surface area (Å²) in [5.41, 5.74) is 3.15. The molecule has 5 nitrogen and oxygen atoms in total. The topological polar surface area (TPSA) is 59.6 Å². The zero-order valence-corrected chi connectivity index (χ0v) is 16.8. The molecule has 2 N–H and O–H groups in total. The third-order valence-electron chi connectivity index (χ3n) is 4.47. The highest BCUT2D eigenvalue weighted by Crippen LogP contribution is 2.39. The van der Waals surface area contributed by atoms with Gasteiger partial charge in [0.2, 0.25) is 0 Å². The molecule has 2 aromatic carbocycles. The standard InChI is InChI=1S/C21H24N2O3S/c1-13-8-9-16-17(12-21(2,3)26-18(16)10-13)23-20(27)22-15-7-5-6-14(11-15)19(24)25-4/h5-11,17H,12H2,1-4H3,(H2,22,23,27)/t17-/m1/s1. The lowest BCUT2D eigenvalue weighted by atomic mass is 9.89. The van der Waals surface area contributed by atoms with Crippen LogP contribution in [0.4, 0.5) is 5.69 Å². The Kier molecular flexibility index (Phi) is 5.37. The number of anilines is 1. The summed E-state index contributed by atoms with van der Waals surface area (Å²) in [5.74, 6) is 0.507. The highest BCUT2D eigenvalue weighted by molar-refractivity contribution is 7.80. The van der Waals surface area contributed by atoms with Crippen LogP contribution in [0.1, 0.15) is 47.8 Å². The number of carbonyl (C=O) groups excluding carboxylic acids is 1. The molecule has 27 heavy (non-hydrogen) atoms. The van der Waals surface area contributed by atoms with Crippen LogP contribution in [0.3, 0.4) is 0 Å². The van der Waals surface area contributed by atoms with E-state index in [0.717, 1.165) is 29.0 Å². The first kappa shape index (κ1) is 19.2. The van der Waals surface area contributed by atoms with E-state index in [4.69, 9.17) is 21.7 Å². The minimum Gasteiger partial charge on any atom is -0.487 e. The van der Waals surface area contributed by atoms with Crippen molar-refractivity contribution in [3.63, 3.8) is 0 Å². The summed E-state index contributed by atoms with van der Waals surface area (Å²) in [6, 6.07) is 13.3. The number of nitrogens with one attached hydrogen (secondary N) is 2. The molecule has 0 unspecified atom stereocenters. The van der Waals surface area contributed by atoms with E-state index in [9.17, 15) is 4.79 Å². The van der Waals surface area contributed by atoms with Crippen molar-refractivity contribution in [1.29, 1.82) is 0 Å². The highest BCUT2D eigenvalue weighted by atomic mass is 32.1. The number of aryl methyl sites for hydroxylation is 1. The summed E-state index contributed by atoms with van der Waals surface area (Å²) in [6.07, 6.45) is 0.785. The van der Waals surface area contributed by atoms with Gasteiger partial charge in [0.25, 0.3) is 0 Å². The van der Waals surface area contributed by atoms with Gasteiger partial charge in [0.15, 0.2) is 5.11 Å². The Bertz CT molecular complexity index is 879. The van der Waals surface area contributed by atoms with Crippen LogP contribution >= 0.6 is 12.2 Å². The van der Waals surface area contributed by atoms with Gasteiger partial charge in [0.05, 0.1) is 18.7 Å². The molecule has 0 saturated heterocycles. The smallest absolute Gasteiger partial charge is 0.337 e.